The highest BCUT2D eigenvalue weighted by molar-refractivity contribution is 6.42. The van der Waals surface area contributed by atoms with Gasteiger partial charge in [-0.3, -0.25) is 9.59 Å². The SMILES string of the molecule is CCC(O)c1c(C)oc2c(NC(=O)c3c(Cl)ccc(NC(=O)CN(C)C)c3Cl)cccc12. The van der Waals surface area contributed by atoms with Crippen LogP contribution in [0.4, 0.5) is 11.4 Å². The molecule has 9 heteroatoms. The van der Waals surface area contributed by atoms with Crippen LogP contribution in [0.2, 0.25) is 10.0 Å². The molecular weight excluding hydrogens is 453 g/mol. The number of aryl methyl sites for hydroxylation is 1. The number of aliphatic hydroxyl groups is 1. The van der Waals surface area contributed by atoms with Crippen LogP contribution in [0, 0.1) is 6.92 Å². The summed E-state index contributed by atoms with van der Waals surface area (Å²) >= 11 is 12.7. The molecule has 2 amide bonds. The minimum absolute atomic E-state index is 0.0325. The van der Waals surface area contributed by atoms with Crippen LogP contribution in [0.5, 0.6) is 0 Å². The largest absolute Gasteiger partial charge is 0.459 e. The standard InChI is InChI=1S/C23H25Cl2N3O4/c1-5-17(29)19-12(2)32-22-13(19)7-6-8-16(22)27-23(31)20-14(24)9-10-15(21(20)25)26-18(30)11-28(3)4/h6-10,17,29H,5,11H2,1-4H3,(H,26,30)(H,27,31). The van der Waals surface area contributed by atoms with Gasteiger partial charge in [-0.05, 0) is 45.6 Å². The lowest BCUT2D eigenvalue weighted by molar-refractivity contribution is -0.116. The third-order valence-electron chi connectivity index (χ3n) is 4.96. The van der Waals surface area contributed by atoms with E-state index in [4.69, 9.17) is 27.6 Å². The van der Waals surface area contributed by atoms with Crippen LogP contribution in [-0.4, -0.2) is 42.5 Å². The Morgan fingerprint density at radius 2 is 1.84 bits per heavy atom. The van der Waals surface area contributed by atoms with E-state index < -0.39 is 12.0 Å². The van der Waals surface area contributed by atoms with Crippen molar-refractivity contribution in [2.24, 2.45) is 0 Å². The monoisotopic (exact) mass is 477 g/mol. The number of nitrogens with one attached hydrogen (secondary N) is 2. The summed E-state index contributed by atoms with van der Waals surface area (Å²) in [4.78, 5) is 26.9. The lowest BCUT2D eigenvalue weighted by Crippen LogP contribution is -2.27. The lowest BCUT2D eigenvalue weighted by Gasteiger charge is -2.14. The molecule has 0 saturated carbocycles. The summed E-state index contributed by atoms with van der Waals surface area (Å²) < 4.78 is 5.86. The zero-order valence-electron chi connectivity index (χ0n) is 18.3. The topological polar surface area (TPSA) is 94.8 Å². The number of anilines is 2. The van der Waals surface area contributed by atoms with Crippen molar-refractivity contribution >= 4 is 57.4 Å². The van der Waals surface area contributed by atoms with Crippen LogP contribution < -0.4 is 10.6 Å². The van der Waals surface area contributed by atoms with Crippen molar-refractivity contribution in [2.45, 2.75) is 26.4 Å². The number of nitrogens with zero attached hydrogens (tertiary/aromatic N) is 1. The summed E-state index contributed by atoms with van der Waals surface area (Å²) in [5, 5.41) is 16.7. The molecule has 1 aromatic heterocycles. The minimum Gasteiger partial charge on any atom is -0.459 e. The van der Waals surface area contributed by atoms with Gasteiger partial charge in [-0.2, -0.15) is 0 Å². The second kappa shape index (κ2) is 9.92. The van der Waals surface area contributed by atoms with Crippen LogP contribution in [0.1, 0.15) is 41.1 Å². The first-order valence-corrected chi connectivity index (χ1v) is 10.8. The van der Waals surface area contributed by atoms with E-state index in [9.17, 15) is 14.7 Å². The number of halogens is 2. The molecule has 32 heavy (non-hydrogen) atoms. The fourth-order valence-electron chi connectivity index (χ4n) is 3.49. The Bertz CT molecular complexity index is 1170. The average molecular weight is 478 g/mol. The number of furan rings is 1. The number of fused-ring (bicyclic) bond motifs is 1. The van der Waals surface area contributed by atoms with Gasteiger partial charge in [0.15, 0.2) is 5.58 Å². The summed E-state index contributed by atoms with van der Waals surface area (Å²) in [7, 11) is 3.54. The molecule has 0 bridgehead atoms. The van der Waals surface area contributed by atoms with Crippen molar-refractivity contribution in [3.8, 4) is 0 Å². The third-order valence-corrected chi connectivity index (χ3v) is 5.67. The Kier molecular flexibility index (Phi) is 7.46. The number of aliphatic hydroxyl groups excluding tert-OH is 1. The second-order valence-electron chi connectivity index (χ2n) is 7.70. The number of carbonyl (C=O) groups is 2. The number of hydrogen-bond donors (Lipinski definition) is 3. The van der Waals surface area contributed by atoms with Gasteiger partial charge in [-0.15, -0.1) is 0 Å². The van der Waals surface area contributed by atoms with E-state index in [0.717, 1.165) is 5.39 Å². The average Bonchev–Trinajstić information content (AvgIpc) is 3.06. The molecule has 0 saturated heterocycles. The summed E-state index contributed by atoms with van der Waals surface area (Å²) in [5.74, 6) is -0.246. The highest BCUT2D eigenvalue weighted by Gasteiger charge is 2.23. The molecular formula is C23H25Cl2N3O4. The van der Waals surface area contributed by atoms with E-state index in [1.807, 2.05) is 13.0 Å². The maximum atomic E-state index is 13.1. The number of benzene rings is 2. The van der Waals surface area contributed by atoms with Gasteiger partial charge in [0.05, 0.1) is 39.6 Å². The van der Waals surface area contributed by atoms with Gasteiger partial charge in [-0.1, -0.05) is 42.3 Å². The van der Waals surface area contributed by atoms with Gasteiger partial charge in [0, 0.05) is 10.9 Å². The van der Waals surface area contributed by atoms with Crippen molar-refractivity contribution in [2.75, 3.05) is 31.3 Å². The van der Waals surface area contributed by atoms with Gasteiger partial charge in [0.1, 0.15) is 5.76 Å². The Labute approximate surface area is 196 Å². The maximum Gasteiger partial charge on any atom is 0.258 e. The third kappa shape index (κ3) is 4.91. The number of rotatable bonds is 7. The predicted molar refractivity (Wildman–Crippen MR) is 128 cm³/mol. The van der Waals surface area contributed by atoms with Crippen LogP contribution in [0.3, 0.4) is 0 Å². The first kappa shape index (κ1) is 24.1. The minimum atomic E-state index is -0.673. The van der Waals surface area contributed by atoms with Crippen molar-refractivity contribution in [1.82, 2.24) is 4.90 Å². The first-order valence-electron chi connectivity index (χ1n) is 10.1. The molecule has 1 atom stereocenters. The summed E-state index contributed by atoms with van der Waals surface area (Å²) in [6.07, 6.45) is -0.141. The molecule has 0 aliphatic carbocycles. The van der Waals surface area contributed by atoms with Crippen molar-refractivity contribution in [1.29, 1.82) is 0 Å². The zero-order valence-corrected chi connectivity index (χ0v) is 19.8. The van der Waals surface area contributed by atoms with E-state index in [-0.39, 0.29) is 33.7 Å². The number of carbonyl (C=O) groups excluding carboxylic acids is 2. The number of amides is 2. The van der Waals surface area contributed by atoms with Crippen molar-refractivity contribution in [3.63, 3.8) is 0 Å². The maximum absolute atomic E-state index is 13.1. The Morgan fingerprint density at radius 3 is 2.50 bits per heavy atom. The summed E-state index contributed by atoms with van der Waals surface area (Å²) in [6.45, 7) is 3.81. The molecule has 0 aliphatic rings. The summed E-state index contributed by atoms with van der Waals surface area (Å²) in [5.41, 5.74) is 1.88. The normalized spacial score (nSPS) is 12.2. The highest BCUT2D eigenvalue weighted by Crippen LogP contribution is 2.37. The van der Waals surface area contributed by atoms with Crippen LogP contribution >= 0.6 is 23.2 Å². The Hall–Kier alpha value is -2.58. The highest BCUT2D eigenvalue weighted by atomic mass is 35.5. The Morgan fingerprint density at radius 1 is 1.12 bits per heavy atom. The van der Waals surface area contributed by atoms with Gasteiger partial charge < -0.3 is 25.1 Å². The molecule has 1 heterocycles. The molecule has 0 fully saturated rings. The van der Waals surface area contributed by atoms with Gasteiger partial charge in [0.25, 0.3) is 5.91 Å². The molecule has 170 valence electrons. The molecule has 2 aromatic carbocycles. The van der Waals surface area contributed by atoms with Crippen LogP contribution in [0.15, 0.2) is 34.7 Å². The summed E-state index contributed by atoms with van der Waals surface area (Å²) in [6, 6.07) is 8.33. The zero-order chi connectivity index (χ0) is 23.6. The number of hydrogen-bond acceptors (Lipinski definition) is 5. The van der Waals surface area contributed by atoms with Gasteiger partial charge in [-0.25, -0.2) is 0 Å². The van der Waals surface area contributed by atoms with E-state index >= 15 is 0 Å². The fraction of sp³-hybridized carbons (Fsp3) is 0.304. The number of likely N-dealkylation sites (N-methyl/N-ethyl adjacent to an activating group) is 1. The number of para-hydroxylation sites is 1. The quantitative estimate of drug-likeness (QED) is 0.432. The fourth-order valence-corrected chi connectivity index (χ4v) is 4.08. The van der Waals surface area contributed by atoms with E-state index in [1.165, 1.54) is 6.07 Å². The molecule has 0 spiro atoms. The predicted octanol–water partition coefficient (Wildman–Crippen LogP) is 5.24. The van der Waals surface area contributed by atoms with Crippen molar-refractivity contribution < 1.29 is 19.1 Å². The molecule has 3 aromatic rings. The van der Waals surface area contributed by atoms with Crippen LogP contribution in [0.25, 0.3) is 11.0 Å². The molecule has 7 nitrogen and oxygen atoms in total. The molecule has 0 radical (unpaired) electrons. The molecule has 3 rings (SSSR count). The van der Waals surface area contributed by atoms with E-state index in [1.54, 1.807) is 44.1 Å². The van der Waals surface area contributed by atoms with Gasteiger partial charge >= 0.3 is 0 Å². The second-order valence-corrected chi connectivity index (χ2v) is 8.49. The Balaban J connectivity index is 1.95. The first-order chi connectivity index (χ1) is 15.1. The lowest BCUT2D eigenvalue weighted by atomic mass is 10.0. The van der Waals surface area contributed by atoms with E-state index in [2.05, 4.69) is 10.6 Å². The van der Waals surface area contributed by atoms with Crippen LogP contribution in [-0.2, 0) is 4.79 Å². The van der Waals surface area contributed by atoms with Gasteiger partial charge in [0.2, 0.25) is 5.91 Å². The van der Waals surface area contributed by atoms with E-state index in [0.29, 0.717) is 29.0 Å². The molecule has 0 aliphatic heterocycles. The smallest absolute Gasteiger partial charge is 0.258 e. The molecule has 3 N–H and O–H groups in total. The van der Waals surface area contributed by atoms with Crippen molar-refractivity contribution in [3.05, 3.63) is 57.3 Å². The molecule has 1 unspecified atom stereocenters.